The fourth-order valence-electron chi connectivity index (χ4n) is 3.82. The van der Waals surface area contributed by atoms with Crippen LogP contribution in [0.2, 0.25) is 0 Å². The summed E-state index contributed by atoms with van der Waals surface area (Å²) in [5.74, 6) is 0.368. The van der Waals surface area contributed by atoms with Crippen LogP contribution in [0.4, 0.5) is 5.82 Å². The van der Waals surface area contributed by atoms with Crippen molar-refractivity contribution in [1.29, 1.82) is 0 Å². The summed E-state index contributed by atoms with van der Waals surface area (Å²) in [4.78, 5) is 12.7. The van der Waals surface area contributed by atoms with Crippen molar-refractivity contribution >= 4 is 24.6 Å². The SMILES string of the molecule is CCOP(=O)(CO[C@@H]1C=C[C@H](n2cnc3c(N)ncnc32)C12CC2)OCC. The Morgan fingerprint density at radius 1 is 1.22 bits per heavy atom. The molecule has 4 rings (SSSR count). The van der Waals surface area contributed by atoms with Crippen LogP contribution in [0.1, 0.15) is 32.7 Å². The molecule has 10 heteroatoms. The fourth-order valence-corrected chi connectivity index (χ4v) is 5.18. The van der Waals surface area contributed by atoms with E-state index in [1.807, 2.05) is 10.6 Å². The Hall–Kier alpha value is -1.80. The number of hydrogen-bond donors (Lipinski definition) is 1. The van der Waals surface area contributed by atoms with Gasteiger partial charge in [-0.2, -0.15) is 0 Å². The molecule has 2 aliphatic rings. The summed E-state index contributed by atoms with van der Waals surface area (Å²) in [6.45, 7) is 4.21. The second kappa shape index (κ2) is 6.98. The maximum atomic E-state index is 12.7. The summed E-state index contributed by atoms with van der Waals surface area (Å²) in [5.41, 5.74) is 7.12. The minimum absolute atomic E-state index is 0.0559. The van der Waals surface area contributed by atoms with E-state index >= 15 is 0 Å². The Balaban J connectivity index is 1.54. The van der Waals surface area contributed by atoms with Crippen LogP contribution in [-0.4, -0.2) is 45.2 Å². The Kier molecular flexibility index (Phi) is 4.80. The Labute approximate surface area is 157 Å². The summed E-state index contributed by atoms with van der Waals surface area (Å²) in [7, 11) is -3.24. The highest BCUT2D eigenvalue weighted by molar-refractivity contribution is 7.53. The molecule has 2 atom stereocenters. The fraction of sp³-hybridized carbons (Fsp3) is 0.588. The van der Waals surface area contributed by atoms with Gasteiger partial charge in [-0.1, -0.05) is 12.2 Å². The third kappa shape index (κ3) is 3.18. The molecule has 0 unspecified atom stereocenters. The molecular weight excluding hydrogens is 369 g/mol. The van der Waals surface area contributed by atoms with E-state index in [-0.39, 0.29) is 23.9 Å². The molecule has 0 aliphatic heterocycles. The normalized spacial score (nSPS) is 23.5. The topological polar surface area (TPSA) is 114 Å². The van der Waals surface area contributed by atoms with Gasteiger partial charge in [0, 0.05) is 5.41 Å². The van der Waals surface area contributed by atoms with E-state index in [9.17, 15) is 4.57 Å². The van der Waals surface area contributed by atoms with E-state index in [4.69, 9.17) is 19.5 Å². The smallest absolute Gasteiger partial charge is 0.356 e. The number of allylic oxidation sites excluding steroid dienone is 1. The zero-order valence-electron chi connectivity index (χ0n) is 15.4. The number of hydrogen-bond acceptors (Lipinski definition) is 8. The molecule has 0 bridgehead atoms. The molecule has 9 nitrogen and oxygen atoms in total. The van der Waals surface area contributed by atoms with Crippen LogP contribution in [-0.2, 0) is 18.3 Å². The van der Waals surface area contributed by atoms with Crippen LogP contribution < -0.4 is 5.73 Å². The second-order valence-corrected chi connectivity index (χ2v) is 8.81. The van der Waals surface area contributed by atoms with Crippen LogP contribution >= 0.6 is 7.60 Å². The highest BCUT2D eigenvalue weighted by atomic mass is 31.2. The average molecular weight is 393 g/mol. The molecule has 0 amide bonds. The highest BCUT2D eigenvalue weighted by Crippen LogP contribution is 2.62. The number of aromatic nitrogens is 4. The first-order chi connectivity index (χ1) is 13.0. The van der Waals surface area contributed by atoms with Gasteiger partial charge in [-0.3, -0.25) is 4.57 Å². The summed E-state index contributed by atoms with van der Waals surface area (Å²) in [6.07, 6.45) is 9.11. The van der Waals surface area contributed by atoms with Crippen LogP contribution in [0, 0.1) is 5.41 Å². The molecule has 2 heterocycles. The van der Waals surface area contributed by atoms with E-state index in [0.717, 1.165) is 12.8 Å². The van der Waals surface area contributed by atoms with Gasteiger partial charge >= 0.3 is 7.60 Å². The summed E-state index contributed by atoms with van der Waals surface area (Å²) in [5, 5.41) is 0. The van der Waals surface area contributed by atoms with E-state index in [1.165, 1.54) is 6.33 Å². The van der Waals surface area contributed by atoms with Crippen molar-refractivity contribution in [2.75, 3.05) is 25.3 Å². The number of ether oxygens (including phenoxy) is 1. The Morgan fingerprint density at radius 2 is 1.96 bits per heavy atom. The van der Waals surface area contributed by atoms with Crippen molar-refractivity contribution in [2.45, 2.75) is 38.8 Å². The van der Waals surface area contributed by atoms with Gasteiger partial charge in [-0.05, 0) is 26.7 Å². The lowest BCUT2D eigenvalue weighted by Crippen LogP contribution is -2.27. The minimum Gasteiger partial charge on any atom is -0.382 e. The Bertz CT molecular complexity index is 900. The molecule has 1 spiro atoms. The van der Waals surface area contributed by atoms with Crippen molar-refractivity contribution < 1.29 is 18.3 Å². The van der Waals surface area contributed by atoms with Crippen molar-refractivity contribution in [2.24, 2.45) is 5.41 Å². The number of nitrogens with zero attached hydrogens (tertiary/aromatic N) is 4. The van der Waals surface area contributed by atoms with Crippen LogP contribution in [0.25, 0.3) is 11.2 Å². The number of nitrogens with two attached hydrogens (primary N) is 1. The standard InChI is InChI=1S/C17H24N5O4P/c1-3-25-27(23,26-4-2)11-24-13-6-5-12(17(13)7-8-17)22-10-21-14-15(18)19-9-20-16(14)22/h5-6,9-10,12-13H,3-4,7-8,11H2,1-2H3,(H2,18,19,20)/t12-,13+/m0/s1. The predicted octanol–water partition coefficient (Wildman–Crippen LogP) is 2.91. The summed E-state index contributed by atoms with van der Waals surface area (Å²) in [6, 6.07) is 0.0559. The third-order valence-corrected chi connectivity index (χ3v) is 6.97. The molecule has 146 valence electrons. The molecule has 0 saturated heterocycles. The van der Waals surface area contributed by atoms with Gasteiger partial charge in [0.1, 0.15) is 18.2 Å². The van der Waals surface area contributed by atoms with Crippen LogP contribution in [0.5, 0.6) is 0 Å². The molecule has 1 fully saturated rings. The van der Waals surface area contributed by atoms with Crippen molar-refractivity contribution in [3.8, 4) is 0 Å². The molecular formula is C17H24N5O4P. The van der Waals surface area contributed by atoms with Gasteiger partial charge in [-0.25, -0.2) is 15.0 Å². The van der Waals surface area contributed by atoms with Gasteiger partial charge in [0.25, 0.3) is 0 Å². The van der Waals surface area contributed by atoms with Gasteiger partial charge in [-0.15, -0.1) is 0 Å². The average Bonchev–Trinajstić information content (AvgIpc) is 3.17. The van der Waals surface area contributed by atoms with E-state index < -0.39 is 7.60 Å². The van der Waals surface area contributed by atoms with Crippen molar-refractivity contribution in [1.82, 2.24) is 19.5 Å². The molecule has 27 heavy (non-hydrogen) atoms. The maximum Gasteiger partial charge on any atom is 0.356 e. The van der Waals surface area contributed by atoms with Gasteiger partial charge in [0.2, 0.25) is 0 Å². The van der Waals surface area contributed by atoms with Crippen molar-refractivity contribution in [3.05, 3.63) is 24.8 Å². The van der Waals surface area contributed by atoms with E-state index in [2.05, 4.69) is 21.0 Å². The maximum absolute atomic E-state index is 12.7. The molecule has 0 aromatic carbocycles. The molecule has 2 aliphatic carbocycles. The zero-order chi connectivity index (χ0) is 19.1. The van der Waals surface area contributed by atoms with E-state index in [1.54, 1.807) is 20.2 Å². The number of fused-ring (bicyclic) bond motifs is 1. The highest BCUT2D eigenvalue weighted by Gasteiger charge is 2.58. The number of imidazole rings is 1. The van der Waals surface area contributed by atoms with E-state index in [0.29, 0.717) is 30.2 Å². The number of rotatable bonds is 8. The molecule has 2 aromatic heterocycles. The molecule has 2 N–H and O–H groups in total. The lowest BCUT2D eigenvalue weighted by Gasteiger charge is -2.27. The van der Waals surface area contributed by atoms with Crippen LogP contribution in [0.3, 0.4) is 0 Å². The third-order valence-electron chi connectivity index (χ3n) is 5.20. The van der Waals surface area contributed by atoms with Gasteiger partial charge < -0.3 is 24.1 Å². The monoisotopic (exact) mass is 393 g/mol. The number of nitrogen functional groups attached to an aromatic ring is 1. The summed E-state index contributed by atoms with van der Waals surface area (Å²) < 4.78 is 31.4. The lowest BCUT2D eigenvalue weighted by atomic mass is 9.96. The van der Waals surface area contributed by atoms with Crippen LogP contribution in [0.15, 0.2) is 24.8 Å². The van der Waals surface area contributed by atoms with Crippen molar-refractivity contribution in [3.63, 3.8) is 0 Å². The largest absolute Gasteiger partial charge is 0.382 e. The first kappa shape index (κ1) is 18.6. The Morgan fingerprint density at radius 3 is 2.63 bits per heavy atom. The number of anilines is 1. The van der Waals surface area contributed by atoms with Gasteiger partial charge in [0.05, 0.1) is 31.7 Å². The first-order valence-electron chi connectivity index (χ1n) is 9.14. The molecule has 0 radical (unpaired) electrons. The molecule has 1 saturated carbocycles. The second-order valence-electron chi connectivity index (χ2n) is 6.81. The minimum atomic E-state index is -3.24. The van der Waals surface area contributed by atoms with Gasteiger partial charge in [0.15, 0.2) is 11.5 Å². The molecule has 2 aromatic rings. The predicted molar refractivity (Wildman–Crippen MR) is 100 cm³/mol. The lowest BCUT2D eigenvalue weighted by molar-refractivity contribution is 0.0439. The first-order valence-corrected chi connectivity index (χ1v) is 10.9. The quantitative estimate of drug-likeness (QED) is 0.538. The summed E-state index contributed by atoms with van der Waals surface area (Å²) >= 11 is 0. The zero-order valence-corrected chi connectivity index (χ0v) is 16.3.